The van der Waals surface area contributed by atoms with Gasteiger partial charge in [0.05, 0.1) is 11.1 Å². The molecule has 0 unspecified atom stereocenters. The van der Waals surface area contributed by atoms with Gasteiger partial charge < -0.3 is 9.15 Å². The molecule has 0 amide bonds. The number of hydrogen-bond donors (Lipinski definition) is 0. The van der Waals surface area contributed by atoms with E-state index < -0.39 is 0 Å². The minimum Gasteiger partial charge on any atom is -0.456 e. The number of hydrogen-bond acceptors (Lipinski definition) is 3. The Morgan fingerprint density at radius 1 is 0.688 bits per heavy atom. The maximum atomic E-state index is 12.4. The summed E-state index contributed by atoms with van der Waals surface area (Å²) in [4.78, 5) is 12.4. The standard InChI is InChI=1S/C29H18O3/c30-29-26(20-24-11-5-7-13-28(24)32-29)22-16-18-25(19-17-22)31-27-12-6-4-10-23(27)15-14-21-8-2-1-3-9-21/h1-13,16-20H. The lowest BCUT2D eigenvalue weighted by Gasteiger charge is -2.09. The highest BCUT2D eigenvalue weighted by atomic mass is 16.5. The van der Waals surface area contributed by atoms with Crippen molar-refractivity contribution in [3.63, 3.8) is 0 Å². The molecule has 152 valence electrons. The number of ether oxygens (including phenoxy) is 1. The zero-order chi connectivity index (χ0) is 21.8. The van der Waals surface area contributed by atoms with Gasteiger partial charge in [0.25, 0.3) is 0 Å². The van der Waals surface area contributed by atoms with Gasteiger partial charge in [0, 0.05) is 10.9 Å². The van der Waals surface area contributed by atoms with Crippen LogP contribution in [0.4, 0.5) is 0 Å². The zero-order valence-corrected chi connectivity index (χ0v) is 17.1. The predicted octanol–water partition coefficient (Wildman–Crippen LogP) is 6.65. The summed E-state index contributed by atoms with van der Waals surface area (Å²) in [6.07, 6.45) is 0. The molecular weight excluding hydrogens is 396 g/mol. The second-order valence-electron chi connectivity index (χ2n) is 7.22. The van der Waals surface area contributed by atoms with Gasteiger partial charge in [0.1, 0.15) is 17.1 Å². The Hall–Kier alpha value is -4.55. The van der Waals surface area contributed by atoms with Crippen LogP contribution in [0.25, 0.3) is 22.1 Å². The summed E-state index contributed by atoms with van der Waals surface area (Å²) >= 11 is 0. The molecule has 0 saturated carbocycles. The number of benzene rings is 4. The fraction of sp³-hybridized carbons (Fsp3) is 0. The Morgan fingerprint density at radius 2 is 1.41 bits per heavy atom. The van der Waals surface area contributed by atoms with Crippen molar-refractivity contribution in [3.05, 3.63) is 131 Å². The van der Waals surface area contributed by atoms with E-state index in [0.717, 1.165) is 22.1 Å². The summed E-state index contributed by atoms with van der Waals surface area (Å²) in [6.45, 7) is 0. The quantitative estimate of drug-likeness (QED) is 0.245. The van der Waals surface area contributed by atoms with Crippen molar-refractivity contribution in [2.75, 3.05) is 0 Å². The molecule has 0 aliphatic heterocycles. The van der Waals surface area contributed by atoms with Crippen LogP contribution in [0.1, 0.15) is 11.1 Å². The summed E-state index contributed by atoms with van der Waals surface area (Å²) in [5, 5.41) is 0.883. The van der Waals surface area contributed by atoms with Gasteiger partial charge in [-0.3, -0.25) is 0 Å². The van der Waals surface area contributed by atoms with Gasteiger partial charge in [0.2, 0.25) is 0 Å². The first kappa shape index (κ1) is 19.4. The molecule has 0 aliphatic rings. The van der Waals surface area contributed by atoms with E-state index >= 15 is 0 Å². The molecule has 0 aliphatic carbocycles. The van der Waals surface area contributed by atoms with Crippen molar-refractivity contribution in [3.8, 4) is 34.5 Å². The van der Waals surface area contributed by atoms with Crippen molar-refractivity contribution in [1.82, 2.24) is 0 Å². The van der Waals surface area contributed by atoms with Crippen LogP contribution in [0.5, 0.6) is 11.5 Å². The van der Waals surface area contributed by atoms with Crippen molar-refractivity contribution in [2.45, 2.75) is 0 Å². The Balaban J connectivity index is 1.41. The molecule has 32 heavy (non-hydrogen) atoms. The van der Waals surface area contributed by atoms with Gasteiger partial charge in [-0.25, -0.2) is 4.79 Å². The third kappa shape index (κ3) is 4.16. The van der Waals surface area contributed by atoms with Gasteiger partial charge in [-0.2, -0.15) is 0 Å². The smallest absolute Gasteiger partial charge is 0.344 e. The molecule has 5 aromatic rings. The maximum Gasteiger partial charge on any atom is 0.344 e. The third-order valence-electron chi connectivity index (χ3n) is 5.04. The van der Waals surface area contributed by atoms with Gasteiger partial charge in [0.15, 0.2) is 0 Å². The molecule has 4 aromatic carbocycles. The van der Waals surface area contributed by atoms with Crippen molar-refractivity contribution >= 4 is 11.0 Å². The van der Waals surface area contributed by atoms with Crippen molar-refractivity contribution in [2.24, 2.45) is 0 Å². The van der Waals surface area contributed by atoms with Gasteiger partial charge in [-0.15, -0.1) is 0 Å². The molecule has 0 spiro atoms. The molecule has 3 nitrogen and oxygen atoms in total. The van der Waals surface area contributed by atoms with Gasteiger partial charge >= 0.3 is 5.63 Å². The highest BCUT2D eigenvalue weighted by Crippen LogP contribution is 2.28. The minimum absolute atomic E-state index is 0.362. The molecule has 0 radical (unpaired) electrons. The first-order valence-corrected chi connectivity index (χ1v) is 10.2. The second kappa shape index (κ2) is 8.67. The fourth-order valence-electron chi connectivity index (χ4n) is 3.41. The van der Waals surface area contributed by atoms with E-state index in [4.69, 9.17) is 9.15 Å². The Kier molecular flexibility index (Phi) is 5.26. The molecule has 0 N–H and O–H groups in total. The van der Waals surface area contributed by atoms with E-state index in [1.807, 2.05) is 103 Å². The van der Waals surface area contributed by atoms with E-state index in [1.54, 1.807) is 6.07 Å². The summed E-state index contributed by atoms with van der Waals surface area (Å²) in [5.74, 6) is 7.68. The van der Waals surface area contributed by atoms with Crippen LogP contribution in [-0.2, 0) is 0 Å². The maximum absolute atomic E-state index is 12.4. The molecule has 1 aromatic heterocycles. The van der Waals surface area contributed by atoms with E-state index in [1.165, 1.54) is 0 Å². The predicted molar refractivity (Wildman–Crippen MR) is 127 cm³/mol. The number of rotatable bonds is 3. The van der Waals surface area contributed by atoms with Gasteiger partial charge in [-0.1, -0.05) is 72.5 Å². The van der Waals surface area contributed by atoms with E-state index in [-0.39, 0.29) is 5.63 Å². The number of para-hydroxylation sites is 2. The first-order chi connectivity index (χ1) is 15.8. The molecule has 1 heterocycles. The summed E-state index contributed by atoms with van der Waals surface area (Å²) in [5.41, 5.74) is 3.25. The summed E-state index contributed by atoms with van der Waals surface area (Å²) in [7, 11) is 0. The van der Waals surface area contributed by atoms with Crippen LogP contribution in [0.15, 0.2) is 118 Å². The molecule has 0 atom stereocenters. The Labute approximate surface area is 185 Å². The summed E-state index contributed by atoms with van der Waals surface area (Å²) in [6, 6.07) is 34.2. The Bertz CT molecular complexity index is 1500. The van der Waals surface area contributed by atoms with Gasteiger partial charge in [-0.05, 0) is 54.1 Å². The van der Waals surface area contributed by atoms with Crippen LogP contribution in [-0.4, -0.2) is 0 Å². The topological polar surface area (TPSA) is 39.4 Å². The molecule has 0 saturated heterocycles. The van der Waals surface area contributed by atoms with Crippen LogP contribution in [0.3, 0.4) is 0 Å². The normalized spacial score (nSPS) is 10.4. The van der Waals surface area contributed by atoms with Crippen LogP contribution in [0.2, 0.25) is 0 Å². The van der Waals surface area contributed by atoms with E-state index in [2.05, 4.69) is 11.8 Å². The fourth-order valence-corrected chi connectivity index (χ4v) is 3.41. The second-order valence-corrected chi connectivity index (χ2v) is 7.22. The first-order valence-electron chi connectivity index (χ1n) is 10.2. The molecule has 0 fully saturated rings. The van der Waals surface area contributed by atoms with Crippen molar-refractivity contribution < 1.29 is 9.15 Å². The lowest BCUT2D eigenvalue weighted by atomic mass is 10.1. The number of fused-ring (bicyclic) bond motifs is 1. The van der Waals surface area contributed by atoms with Crippen molar-refractivity contribution in [1.29, 1.82) is 0 Å². The average Bonchev–Trinajstić information content (AvgIpc) is 2.84. The van der Waals surface area contributed by atoms with Crippen LogP contribution in [0, 0.1) is 11.8 Å². The molecule has 3 heteroatoms. The highest BCUT2D eigenvalue weighted by molar-refractivity contribution is 5.81. The van der Waals surface area contributed by atoms with E-state index in [9.17, 15) is 4.79 Å². The average molecular weight is 414 g/mol. The Morgan fingerprint density at radius 3 is 2.25 bits per heavy atom. The largest absolute Gasteiger partial charge is 0.456 e. The molecular formula is C29H18O3. The molecule has 5 rings (SSSR count). The monoisotopic (exact) mass is 414 g/mol. The lowest BCUT2D eigenvalue weighted by molar-refractivity contribution is 0.481. The van der Waals surface area contributed by atoms with Crippen LogP contribution >= 0.6 is 0 Å². The van der Waals surface area contributed by atoms with E-state index in [0.29, 0.717) is 22.6 Å². The third-order valence-corrected chi connectivity index (χ3v) is 5.04. The minimum atomic E-state index is -0.362. The lowest BCUT2D eigenvalue weighted by Crippen LogP contribution is -2.02. The SMILES string of the molecule is O=c1oc2ccccc2cc1-c1ccc(Oc2ccccc2C#Cc2ccccc2)cc1. The van der Waals surface area contributed by atoms with Crippen LogP contribution < -0.4 is 10.4 Å². The zero-order valence-electron chi connectivity index (χ0n) is 17.1. The molecule has 0 bridgehead atoms. The summed E-state index contributed by atoms with van der Waals surface area (Å²) < 4.78 is 11.5. The highest BCUT2D eigenvalue weighted by Gasteiger charge is 2.09.